The van der Waals surface area contributed by atoms with Crippen LogP contribution in [-0.2, 0) is 16.6 Å². The van der Waals surface area contributed by atoms with E-state index in [0.717, 1.165) is 16.9 Å². The van der Waals surface area contributed by atoms with E-state index in [1.165, 1.54) is 4.68 Å². The standard InChI is InChI=1S/C23H24N4O3/c1-15-9-7-8-12-19(15)26-14-17(13-20(26)28)22(29)24-21-16(2)25(3)27(23(21)30)18-10-5-4-6-11-18/h4-12,17H,13-14H2,1-3H3,(H,24,29). The summed E-state index contributed by atoms with van der Waals surface area (Å²) in [5.41, 5.74) is 3.12. The first-order chi connectivity index (χ1) is 14.4. The van der Waals surface area contributed by atoms with E-state index >= 15 is 0 Å². The van der Waals surface area contributed by atoms with Gasteiger partial charge in [-0.05, 0) is 37.6 Å². The minimum Gasteiger partial charge on any atom is -0.320 e. The first-order valence-electron chi connectivity index (χ1n) is 9.89. The van der Waals surface area contributed by atoms with Gasteiger partial charge >= 0.3 is 0 Å². The Balaban J connectivity index is 1.58. The molecule has 1 aliphatic rings. The van der Waals surface area contributed by atoms with E-state index in [0.29, 0.717) is 12.2 Å². The average Bonchev–Trinajstić information content (AvgIpc) is 3.22. The maximum atomic E-state index is 13.0. The first kappa shape index (κ1) is 19.7. The van der Waals surface area contributed by atoms with E-state index < -0.39 is 5.92 Å². The molecule has 2 amide bonds. The molecule has 1 N–H and O–H groups in total. The van der Waals surface area contributed by atoms with Crippen molar-refractivity contribution >= 4 is 23.2 Å². The third kappa shape index (κ3) is 3.32. The van der Waals surface area contributed by atoms with Crippen LogP contribution >= 0.6 is 0 Å². The largest absolute Gasteiger partial charge is 0.320 e. The smallest absolute Gasteiger partial charge is 0.295 e. The maximum Gasteiger partial charge on any atom is 0.295 e. The highest BCUT2D eigenvalue weighted by Crippen LogP contribution is 2.28. The van der Waals surface area contributed by atoms with Crippen LogP contribution < -0.4 is 15.8 Å². The van der Waals surface area contributed by atoms with Crippen molar-refractivity contribution in [3.8, 4) is 5.69 Å². The summed E-state index contributed by atoms with van der Waals surface area (Å²) in [5.74, 6) is -0.914. The Morgan fingerprint density at radius 1 is 1.00 bits per heavy atom. The topological polar surface area (TPSA) is 76.3 Å². The highest BCUT2D eigenvalue weighted by atomic mass is 16.2. The summed E-state index contributed by atoms with van der Waals surface area (Å²) in [4.78, 5) is 40.1. The summed E-state index contributed by atoms with van der Waals surface area (Å²) in [5, 5.41) is 2.79. The third-order valence-electron chi connectivity index (χ3n) is 5.70. The molecule has 1 unspecified atom stereocenters. The highest BCUT2D eigenvalue weighted by molar-refractivity contribution is 6.04. The lowest BCUT2D eigenvalue weighted by atomic mass is 10.1. The van der Waals surface area contributed by atoms with E-state index in [9.17, 15) is 14.4 Å². The van der Waals surface area contributed by atoms with Gasteiger partial charge in [0.1, 0.15) is 5.69 Å². The van der Waals surface area contributed by atoms with Crippen molar-refractivity contribution in [1.29, 1.82) is 0 Å². The van der Waals surface area contributed by atoms with Crippen LogP contribution in [0.1, 0.15) is 17.7 Å². The van der Waals surface area contributed by atoms with Gasteiger partial charge < -0.3 is 10.2 Å². The molecular formula is C23H24N4O3. The van der Waals surface area contributed by atoms with Crippen LogP contribution in [0, 0.1) is 19.8 Å². The molecular weight excluding hydrogens is 380 g/mol. The molecule has 0 aliphatic carbocycles. The molecule has 2 heterocycles. The zero-order valence-corrected chi connectivity index (χ0v) is 17.3. The Kier molecular flexibility index (Phi) is 5.03. The lowest BCUT2D eigenvalue weighted by Crippen LogP contribution is -2.30. The molecule has 7 nitrogen and oxygen atoms in total. The molecule has 2 aromatic carbocycles. The highest BCUT2D eigenvalue weighted by Gasteiger charge is 2.36. The number of carbonyl (C=O) groups is 2. The number of anilines is 2. The van der Waals surface area contributed by atoms with Gasteiger partial charge in [0.05, 0.1) is 17.3 Å². The van der Waals surface area contributed by atoms with Gasteiger partial charge in [-0.3, -0.25) is 19.1 Å². The Labute approximate surface area is 174 Å². The van der Waals surface area contributed by atoms with Gasteiger partial charge in [-0.25, -0.2) is 4.68 Å². The van der Waals surface area contributed by atoms with Gasteiger partial charge in [-0.15, -0.1) is 0 Å². The van der Waals surface area contributed by atoms with Gasteiger partial charge in [-0.1, -0.05) is 36.4 Å². The molecule has 0 spiro atoms. The molecule has 1 aromatic heterocycles. The molecule has 4 rings (SSSR count). The molecule has 0 bridgehead atoms. The number of benzene rings is 2. The summed E-state index contributed by atoms with van der Waals surface area (Å²) in [6, 6.07) is 16.9. The summed E-state index contributed by atoms with van der Waals surface area (Å²) in [6.07, 6.45) is 0.124. The number of hydrogen-bond acceptors (Lipinski definition) is 3. The number of nitrogens with zero attached hydrogens (tertiary/aromatic N) is 3. The van der Waals surface area contributed by atoms with Crippen LogP contribution in [0.15, 0.2) is 59.4 Å². The number of rotatable bonds is 4. The number of carbonyl (C=O) groups excluding carboxylic acids is 2. The van der Waals surface area contributed by atoms with Crippen LogP contribution in [0.3, 0.4) is 0 Å². The lowest BCUT2D eigenvalue weighted by molar-refractivity contribution is -0.122. The quantitative estimate of drug-likeness (QED) is 0.727. The number of amides is 2. The molecule has 1 atom stereocenters. The van der Waals surface area contributed by atoms with Crippen LogP contribution in [0.2, 0.25) is 0 Å². The Hall–Kier alpha value is -3.61. The maximum absolute atomic E-state index is 13.0. The van der Waals surface area contributed by atoms with Crippen molar-refractivity contribution in [1.82, 2.24) is 9.36 Å². The van der Waals surface area contributed by atoms with E-state index in [4.69, 9.17) is 0 Å². The van der Waals surface area contributed by atoms with Crippen molar-refractivity contribution in [2.45, 2.75) is 20.3 Å². The zero-order chi connectivity index (χ0) is 21.4. The number of para-hydroxylation sites is 2. The fraction of sp³-hybridized carbons (Fsp3) is 0.261. The molecule has 154 valence electrons. The SMILES string of the molecule is Cc1ccccc1N1CC(C(=O)Nc2c(C)n(C)n(-c3ccccc3)c2=O)CC1=O. The van der Waals surface area contributed by atoms with Gasteiger partial charge in [0, 0.05) is 25.7 Å². The van der Waals surface area contributed by atoms with E-state index in [-0.39, 0.29) is 29.5 Å². The van der Waals surface area contributed by atoms with Gasteiger partial charge in [0.15, 0.2) is 0 Å². The second-order valence-electron chi connectivity index (χ2n) is 7.62. The monoisotopic (exact) mass is 404 g/mol. The second-order valence-corrected chi connectivity index (χ2v) is 7.62. The van der Waals surface area contributed by atoms with Crippen LogP contribution in [0.25, 0.3) is 5.69 Å². The van der Waals surface area contributed by atoms with Crippen LogP contribution in [0.4, 0.5) is 11.4 Å². The summed E-state index contributed by atoms with van der Waals surface area (Å²) in [7, 11) is 1.78. The fourth-order valence-electron chi connectivity index (χ4n) is 3.92. The molecule has 7 heteroatoms. The summed E-state index contributed by atoms with van der Waals surface area (Å²) < 4.78 is 3.23. The zero-order valence-electron chi connectivity index (χ0n) is 17.3. The fourth-order valence-corrected chi connectivity index (χ4v) is 3.92. The van der Waals surface area contributed by atoms with Crippen LogP contribution in [0.5, 0.6) is 0 Å². The minimum absolute atomic E-state index is 0.0871. The first-order valence-corrected chi connectivity index (χ1v) is 9.89. The number of aromatic nitrogens is 2. The lowest BCUT2D eigenvalue weighted by Gasteiger charge is -2.18. The predicted octanol–water partition coefficient (Wildman–Crippen LogP) is 2.78. The van der Waals surface area contributed by atoms with Gasteiger partial charge in [0.2, 0.25) is 11.8 Å². The van der Waals surface area contributed by atoms with E-state index in [2.05, 4.69) is 5.32 Å². The molecule has 30 heavy (non-hydrogen) atoms. The number of nitrogens with one attached hydrogen (secondary N) is 1. The second kappa shape index (κ2) is 7.67. The Morgan fingerprint density at radius 2 is 1.67 bits per heavy atom. The minimum atomic E-state index is -0.513. The van der Waals surface area contributed by atoms with Crippen molar-refractivity contribution in [3.63, 3.8) is 0 Å². The molecule has 0 saturated carbocycles. The Bertz CT molecular complexity index is 1180. The van der Waals surface area contributed by atoms with Crippen LogP contribution in [-0.4, -0.2) is 27.7 Å². The Morgan fingerprint density at radius 3 is 2.37 bits per heavy atom. The van der Waals surface area contributed by atoms with Crippen molar-refractivity contribution in [2.75, 3.05) is 16.8 Å². The summed E-state index contributed by atoms with van der Waals surface area (Å²) in [6.45, 7) is 4.03. The molecule has 3 aromatic rings. The molecule has 1 aliphatic heterocycles. The molecule has 1 saturated heterocycles. The molecule has 1 fully saturated rings. The predicted molar refractivity (Wildman–Crippen MR) is 116 cm³/mol. The number of hydrogen-bond donors (Lipinski definition) is 1. The third-order valence-corrected chi connectivity index (χ3v) is 5.70. The van der Waals surface area contributed by atoms with E-state index in [1.807, 2.05) is 61.5 Å². The van der Waals surface area contributed by atoms with Gasteiger partial charge in [-0.2, -0.15) is 0 Å². The number of aryl methyl sites for hydroxylation is 1. The normalized spacial score (nSPS) is 16.2. The summed E-state index contributed by atoms with van der Waals surface area (Å²) >= 11 is 0. The van der Waals surface area contributed by atoms with Crippen molar-refractivity contribution < 1.29 is 9.59 Å². The average molecular weight is 404 g/mol. The van der Waals surface area contributed by atoms with Crippen molar-refractivity contribution in [3.05, 3.63) is 76.2 Å². The molecule has 0 radical (unpaired) electrons. The van der Waals surface area contributed by atoms with E-state index in [1.54, 1.807) is 23.6 Å². The van der Waals surface area contributed by atoms with Gasteiger partial charge in [0.25, 0.3) is 5.56 Å². The van der Waals surface area contributed by atoms with Crippen molar-refractivity contribution in [2.24, 2.45) is 13.0 Å².